The van der Waals surface area contributed by atoms with E-state index in [9.17, 15) is 14.0 Å². The Kier molecular flexibility index (Phi) is 4.14. The Hall–Kier alpha value is -1.91. The lowest BCUT2D eigenvalue weighted by molar-refractivity contribution is -0.138. The Balaban J connectivity index is 1.72. The quantitative estimate of drug-likeness (QED) is 0.906. The smallest absolute Gasteiger partial charge is 0.237 e. The molecular formula is C17H21FN2O2. The summed E-state index contributed by atoms with van der Waals surface area (Å²) >= 11 is 0. The van der Waals surface area contributed by atoms with Crippen molar-refractivity contribution < 1.29 is 14.0 Å². The van der Waals surface area contributed by atoms with E-state index in [0.29, 0.717) is 12.0 Å². The van der Waals surface area contributed by atoms with Crippen molar-refractivity contribution in [3.05, 3.63) is 35.6 Å². The van der Waals surface area contributed by atoms with Crippen LogP contribution in [0.25, 0.3) is 0 Å². The lowest BCUT2D eigenvalue weighted by Crippen LogP contribution is -2.45. The van der Waals surface area contributed by atoms with Crippen molar-refractivity contribution in [2.24, 2.45) is 11.7 Å². The molecule has 2 fully saturated rings. The molecule has 3 rings (SSSR count). The zero-order chi connectivity index (χ0) is 15.7. The summed E-state index contributed by atoms with van der Waals surface area (Å²) in [6.45, 7) is -0.0238. The van der Waals surface area contributed by atoms with Gasteiger partial charge in [0, 0.05) is 12.0 Å². The van der Waals surface area contributed by atoms with E-state index in [0.717, 1.165) is 25.7 Å². The van der Waals surface area contributed by atoms with Crippen molar-refractivity contribution in [3.8, 4) is 0 Å². The van der Waals surface area contributed by atoms with Crippen LogP contribution in [0.1, 0.15) is 43.6 Å². The van der Waals surface area contributed by atoms with Crippen LogP contribution in [0.2, 0.25) is 0 Å². The number of rotatable bonds is 5. The van der Waals surface area contributed by atoms with Crippen molar-refractivity contribution in [1.82, 2.24) is 4.90 Å². The van der Waals surface area contributed by atoms with Crippen molar-refractivity contribution >= 4 is 11.8 Å². The van der Waals surface area contributed by atoms with Crippen molar-refractivity contribution in [1.29, 1.82) is 0 Å². The molecule has 0 radical (unpaired) electrons. The number of carbonyl (C=O) groups excluding carboxylic acids is 2. The number of amides is 2. The summed E-state index contributed by atoms with van der Waals surface area (Å²) in [6.07, 6.45) is 4.66. The standard InChI is InChI=1S/C17H21FN2O2/c18-15-8-4-3-7-12(15)13-9-14(13)17(22)20(10-16(19)21)11-5-1-2-6-11/h3-4,7-8,11,13-14H,1-2,5-6,9-10H2,(H2,19,21)/t13-,14+/m1/s1. The first-order chi connectivity index (χ1) is 10.6. The maximum Gasteiger partial charge on any atom is 0.237 e. The summed E-state index contributed by atoms with van der Waals surface area (Å²) in [5, 5.41) is 0. The summed E-state index contributed by atoms with van der Waals surface area (Å²) in [5.74, 6) is -1.06. The summed E-state index contributed by atoms with van der Waals surface area (Å²) in [4.78, 5) is 25.6. The van der Waals surface area contributed by atoms with Crippen molar-refractivity contribution in [2.45, 2.75) is 44.1 Å². The van der Waals surface area contributed by atoms with Gasteiger partial charge in [-0.15, -0.1) is 0 Å². The Morgan fingerprint density at radius 1 is 1.23 bits per heavy atom. The zero-order valence-corrected chi connectivity index (χ0v) is 12.5. The third-order valence-electron chi connectivity index (χ3n) is 4.79. The number of nitrogens with zero attached hydrogens (tertiary/aromatic N) is 1. The second-order valence-electron chi connectivity index (χ2n) is 6.34. The molecule has 2 N–H and O–H groups in total. The third kappa shape index (κ3) is 2.98. The van der Waals surface area contributed by atoms with Crippen LogP contribution in [0, 0.1) is 11.7 Å². The molecule has 1 aromatic carbocycles. The van der Waals surface area contributed by atoms with Gasteiger partial charge in [-0.1, -0.05) is 31.0 Å². The van der Waals surface area contributed by atoms with Crippen molar-refractivity contribution in [2.75, 3.05) is 6.54 Å². The first-order valence-electron chi connectivity index (χ1n) is 7.91. The molecule has 0 spiro atoms. The van der Waals surface area contributed by atoms with Crippen LogP contribution in [-0.4, -0.2) is 29.3 Å². The van der Waals surface area contributed by atoms with E-state index in [1.165, 1.54) is 6.07 Å². The third-order valence-corrected chi connectivity index (χ3v) is 4.79. The summed E-state index contributed by atoms with van der Waals surface area (Å²) < 4.78 is 13.8. The SMILES string of the molecule is NC(=O)CN(C(=O)[C@H]1C[C@@H]1c1ccccc1F)C1CCCC1. The van der Waals surface area contributed by atoms with Gasteiger partial charge in [0.15, 0.2) is 0 Å². The fraction of sp³-hybridized carbons (Fsp3) is 0.529. The molecule has 2 amide bonds. The molecule has 2 atom stereocenters. The maximum atomic E-state index is 13.8. The first kappa shape index (κ1) is 15.0. The number of benzene rings is 1. The van der Waals surface area contributed by atoms with E-state index in [1.807, 2.05) is 0 Å². The molecule has 4 nitrogen and oxygen atoms in total. The monoisotopic (exact) mass is 304 g/mol. The van der Waals surface area contributed by atoms with Gasteiger partial charge in [-0.2, -0.15) is 0 Å². The normalized spacial score (nSPS) is 24.2. The molecule has 1 aromatic rings. The summed E-state index contributed by atoms with van der Waals surface area (Å²) in [5.41, 5.74) is 5.90. The first-order valence-corrected chi connectivity index (χ1v) is 7.91. The van der Waals surface area contributed by atoms with Gasteiger partial charge in [-0.05, 0) is 36.8 Å². The van der Waals surface area contributed by atoms with Gasteiger partial charge >= 0.3 is 0 Å². The number of hydrogen-bond donors (Lipinski definition) is 1. The zero-order valence-electron chi connectivity index (χ0n) is 12.5. The van der Waals surface area contributed by atoms with E-state index < -0.39 is 5.91 Å². The Morgan fingerprint density at radius 2 is 1.91 bits per heavy atom. The minimum atomic E-state index is -0.483. The number of nitrogens with two attached hydrogens (primary N) is 1. The second kappa shape index (κ2) is 6.07. The topological polar surface area (TPSA) is 63.4 Å². The van der Waals surface area contributed by atoms with Crippen LogP contribution < -0.4 is 5.73 Å². The molecule has 5 heteroatoms. The van der Waals surface area contributed by atoms with Gasteiger partial charge in [0.05, 0.1) is 6.54 Å². The average Bonchev–Trinajstić information content (AvgIpc) is 3.09. The van der Waals surface area contributed by atoms with Crippen LogP contribution in [0.5, 0.6) is 0 Å². The highest BCUT2D eigenvalue weighted by Crippen LogP contribution is 2.49. The molecule has 0 bridgehead atoms. The molecule has 0 saturated heterocycles. The lowest BCUT2D eigenvalue weighted by Gasteiger charge is -2.28. The van der Waals surface area contributed by atoms with Gasteiger partial charge in [-0.3, -0.25) is 9.59 Å². The predicted octanol–water partition coefficient (Wildman–Crippen LogP) is 2.19. The highest BCUT2D eigenvalue weighted by molar-refractivity contribution is 5.87. The highest BCUT2D eigenvalue weighted by Gasteiger charge is 2.48. The molecule has 2 saturated carbocycles. The molecule has 0 heterocycles. The van der Waals surface area contributed by atoms with E-state index >= 15 is 0 Å². The van der Waals surface area contributed by atoms with Crippen LogP contribution >= 0.6 is 0 Å². The van der Waals surface area contributed by atoms with Crippen LogP contribution in [0.4, 0.5) is 4.39 Å². The lowest BCUT2D eigenvalue weighted by atomic mass is 10.1. The Morgan fingerprint density at radius 3 is 2.55 bits per heavy atom. The van der Waals surface area contributed by atoms with E-state index in [-0.39, 0.29) is 36.1 Å². The van der Waals surface area contributed by atoms with E-state index in [4.69, 9.17) is 5.73 Å². The molecule has 0 unspecified atom stereocenters. The fourth-order valence-electron chi connectivity index (χ4n) is 3.57. The summed E-state index contributed by atoms with van der Waals surface area (Å²) in [6, 6.07) is 6.71. The molecule has 0 aromatic heterocycles. The van der Waals surface area contributed by atoms with Crippen LogP contribution in [0.3, 0.4) is 0 Å². The average molecular weight is 304 g/mol. The van der Waals surface area contributed by atoms with Gasteiger partial charge < -0.3 is 10.6 Å². The Labute approximate surface area is 129 Å². The molecule has 118 valence electrons. The number of hydrogen-bond acceptors (Lipinski definition) is 2. The Bertz CT molecular complexity index is 584. The number of primary amides is 1. The molecule has 0 aliphatic heterocycles. The molecule has 2 aliphatic carbocycles. The van der Waals surface area contributed by atoms with Crippen LogP contribution in [0.15, 0.2) is 24.3 Å². The van der Waals surface area contributed by atoms with Gasteiger partial charge in [-0.25, -0.2) is 4.39 Å². The fourth-order valence-corrected chi connectivity index (χ4v) is 3.57. The minimum absolute atomic E-state index is 0.0238. The van der Waals surface area contributed by atoms with E-state index in [2.05, 4.69) is 0 Å². The minimum Gasteiger partial charge on any atom is -0.368 e. The largest absolute Gasteiger partial charge is 0.368 e. The van der Waals surface area contributed by atoms with Crippen LogP contribution in [-0.2, 0) is 9.59 Å². The van der Waals surface area contributed by atoms with Crippen molar-refractivity contribution in [3.63, 3.8) is 0 Å². The maximum absolute atomic E-state index is 13.8. The number of carbonyl (C=O) groups is 2. The van der Waals surface area contributed by atoms with Gasteiger partial charge in [0.1, 0.15) is 5.82 Å². The van der Waals surface area contributed by atoms with Gasteiger partial charge in [0.25, 0.3) is 0 Å². The predicted molar refractivity (Wildman–Crippen MR) is 80.4 cm³/mol. The molecule has 2 aliphatic rings. The number of halogens is 1. The summed E-state index contributed by atoms with van der Waals surface area (Å²) in [7, 11) is 0. The van der Waals surface area contributed by atoms with Gasteiger partial charge in [0.2, 0.25) is 11.8 Å². The molecule has 22 heavy (non-hydrogen) atoms. The highest BCUT2D eigenvalue weighted by atomic mass is 19.1. The second-order valence-corrected chi connectivity index (χ2v) is 6.34. The van der Waals surface area contributed by atoms with E-state index in [1.54, 1.807) is 23.1 Å². The molecular weight excluding hydrogens is 283 g/mol.